The van der Waals surface area contributed by atoms with Crippen LogP contribution in [-0.2, 0) is 0 Å². The summed E-state index contributed by atoms with van der Waals surface area (Å²) in [6.07, 6.45) is -4.76. The van der Waals surface area contributed by atoms with Gasteiger partial charge < -0.3 is 9.84 Å². The van der Waals surface area contributed by atoms with E-state index in [9.17, 15) is 18.3 Å². The van der Waals surface area contributed by atoms with Crippen molar-refractivity contribution < 1.29 is 23.0 Å². The van der Waals surface area contributed by atoms with Crippen LogP contribution in [0, 0.1) is 0 Å². The second kappa shape index (κ2) is 5.68. The van der Waals surface area contributed by atoms with E-state index in [1.165, 1.54) is 12.1 Å². The molecule has 0 aliphatic carbocycles. The molecule has 2 aromatic rings. The first-order chi connectivity index (χ1) is 9.76. The minimum absolute atomic E-state index is 0.0922. The molecule has 112 valence electrons. The van der Waals surface area contributed by atoms with Gasteiger partial charge in [0.25, 0.3) is 0 Å². The van der Waals surface area contributed by atoms with Gasteiger partial charge in [0.05, 0.1) is 0 Å². The quantitative estimate of drug-likeness (QED) is 0.855. The molecule has 0 aliphatic heterocycles. The summed E-state index contributed by atoms with van der Waals surface area (Å²) in [5.41, 5.74) is 1.99. The number of phenolic OH excluding ortho intramolecular Hbond substituents is 1. The normalized spacial score (nSPS) is 11.7. The molecule has 21 heavy (non-hydrogen) atoms. The van der Waals surface area contributed by atoms with Crippen LogP contribution in [0.2, 0.25) is 0 Å². The minimum atomic E-state index is -4.76. The van der Waals surface area contributed by atoms with Crippen molar-refractivity contribution in [1.82, 2.24) is 0 Å². The van der Waals surface area contributed by atoms with Crippen LogP contribution in [0.1, 0.15) is 25.3 Å². The first-order valence-corrected chi connectivity index (χ1v) is 6.45. The molecular weight excluding hydrogens is 281 g/mol. The molecule has 0 amide bonds. The van der Waals surface area contributed by atoms with Crippen molar-refractivity contribution in [3.05, 3.63) is 48.0 Å². The molecule has 2 rings (SSSR count). The summed E-state index contributed by atoms with van der Waals surface area (Å²) in [5.74, 6) is -0.169. The first-order valence-electron chi connectivity index (χ1n) is 6.45. The highest BCUT2D eigenvalue weighted by atomic mass is 19.4. The highest BCUT2D eigenvalue weighted by Crippen LogP contribution is 2.35. The van der Waals surface area contributed by atoms with E-state index < -0.39 is 6.36 Å². The number of hydrogen-bond donors (Lipinski definition) is 1. The van der Waals surface area contributed by atoms with Crippen molar-refractivity contribution in [2.24, 2.45) is 0 Å². The number of alkyl halides is 3. The smallest absolute Gasteiger partial charge is 0.507 e. The number of aromatic hydroxyl groups is 1. The number of halogens is 3. The summed E-state index contributed by atoms with van der Waals surface area (Å²) in [5, 5.41) is 9.88. The summed E-state index contributed by atoms with van der Waals surface area (Å²) < 4.78 is 40.7. The van der Waals surface area contributed by atoms with Gasteiger partial charge in [0.15, 0.2) is 0 Å². The lowest BCUT2D eigenvalue weighted by atomic mass is 9.97. The molecule has 0 heterocycles. The lowest BCUT2D eigenvalue weighted by Crippen LogP contribution is -2.17. The fraction of sp³-hybridized carbons (Fsp3) is 0.250. The van der Waals surface area contributed by atoms with Crippen molar-refractivity contribution in [2.45, 2.75) is 26.1 Å². The summed E-state index contributed by atoms with van der Waals surface area (Å²) in [7, 11) is 0. The van der Waals surface area contributed by atoms with Gasteiger partial charge in [-0.2, -0.15) is 0 Å². The number of benzene rings is 2. The van der Waals surface area contributed by atoms with Gasteiger partial charge in [-0.1, -0.05) is 38.1 Å². The lowest BCUT2D eigenvalue weighted by molar-refractivity contribution is -0.274. The third-order valence-corrected chi connectivity index (χ3v) is 3.07. The average molecular weight is 296 g/mol. The SMILES string of the molecule is CC(C)c1cccc(-c2cc(OC(F)(F)F)ccc2O)c1. The zero-order valence-corrected chi connectivity index (χ0v) is 11.6. The Labute approximate surface area is 120 Å². The number of rotatable bonds is 3. The van der Waals surface area contributed by atoms with Crippen LogP contribution >= 0.6 is 0 Å². The average Bonchev–Trinajstić information content (AvgIpc) is 2.39. The van der Waals surface area contributed by atoms with Crippen LogP contribution in [0.5, 0.6) is 11.5 Å². The maximum absolute atomic E-state index is 12.3. The zero-order valence-electron chi connectivity index (χ0n) is 11.6. The molecular formula is C16H15F3O2. The molecule has 0 fully saturated rings. The second-order valence-corrected chi connectivity index (χ2v) is 5.01. The fourth-order valence-electron chi connectivity index (χ4n) is 2.01. The summed E-state index contributed by atoms with van der Waals surface area (Å²) in [4.78, 5) is 0. The predicted molar refractivity (Wildman–Crippen MR) is 74.3 cm³/mol. The van der Waals surface area contributed by atoms with Crippen LogP contribution < -0.4 is 4.74 Å². The highest BCUT2D eigenvalue weighted by molar-refractivity contribution is 5.72. The third-order valence-electron chi connectivity index (χ3n) is 3.07. The lowest BCUT2D eigenvalue weighted by Gasteiger charge is -2.13. The minimum Gasteiger partial charge on any atom is -0.507 e. The Kier molecular flexibility index (Phi) is 4.11. The van der Waals surface area contributed by atoms with Gasteiger partial charge in [0.1, 0.15) is 11.5 Å². The van der Waals surface area contributed by atoms with E-state index in [1.807, 2.05) is 26.0 Å². The Bertz CT molecular complexity index is 634. The van der Waals surface area contributed by atoms with Gasteiger partial charge in [-0.15, -0.1) is 13.2 Å². The molecule has 0 saturated carbocycles. The largest absolute Gasteiger partial charge is 0.573 e. The van der Waals surface area contributed by atoms with Crippen LogP contribution in [0.15, 0.2) is 42.5 Å². The van der Waals surface area contributed by atoms with E-state index in [1.54, 1.807) is 12.1 Å². The summed E-state index contributed by atoms with van der Waals surface area (Å²) in [6, 6.07) is 10.8. The van der Waals surface area contributed by atoms with Gasteiger partial charge in [0, 0.05) is 5.56 Å². The molecule has 0 bridgehead atoms. The molecule has 0 aliphatic rings. The van der Waals surface area contributed by atoms with Gasteiger partial charge in [-0.25, -0.2) is 0 Å². The molecule has 1 N–H and O–H groups in total. The molecule has 0 atom stereocenters. The van der Waals surface area contributed by atoms with Gasteiger partial charge in [0.2, 0.25) is 0 Å². The van der Waals surface area contributed by atoms with Gasteiger partial charge in [-0.05, 0) is 35.2 Å². The van der Waals surface area contributed by atoms with E-state index in [4.69, 9.17) is 0 Å². The first kappa shape index (κ1) is 15.2. The molecule has 5 heteroatoms. The van der Waals surface area contributed by atoms with Crippen molar-refractivity contribution >= 4 is 0 Å². The highest BCUT2D eigenvalue weighted by Gasteiger charge is 2.31. The van der Waals surface area contributed by atoms with Gasteiger partial charge in [-0.3, -0.25) is 0 Å². The second-order valence-electron chi connectivity index (χ2n) is 5.01. The van der Waals surface area contributed by atoms with Crippen molar-refractivity contribution in [3.8, 4) is 22.6 Å². The topological polar surface area (TPSA) is 29.5 Å². The van der Waals surface area contributed by atoms with Crippen molar-refractivity contribution in [3.63, 3.8) is 0 Å². The van der Waals surface area contributed by atoms with Gasteiger partial charge >= 0.3 is 6.36 Å². The predicted octanol–water partition coefficient (Wildman–Crippen LogP) is 5.08. The third kappa shape index (κ3) is 3.90. The van der Waals surface area contributed by atoms with Crippen LogP contribution in [0.25, 0.3) is 11.1 Å². The Morgan fingerprint density at radius 3 is 2.38 bits per heavy atom. The van der Waals surface area contributed by atoms with Crippen LogP contribution in [-0.4, -0.2) is 11.5 Å². The molecule has 0 aromatic heterocycles. The Morgan fingerprint density at radius 1 is 1.05 bits per heavy atom. The molecule has 0 spiro atoms. The van der Waals surface area contributed by atoms with E-state index in [0.29, 0.717) is 11.1 Å². The van der Waals surface area contributed by atoms with Crippen LogP contribution in [0.4, 0.5) is 13.2 Å². The van der Waals surface area contributed by atoms with Crippen LogP contribution in [0.3, 0.4) is 0 Å². The van der Waals surface area contributed by atoms with E-state index in [-0.39, 0.29) is 17.4 Å². The number of phenols is 1. The fourth-order valence-corrected chi connectivity index (χ4v) is 2.01. The molecule has 0 radical (unpaired) electrons. The Balaban J connectivity index is 2.43. The number of hydrogen-bond acceptors (Lipinski definition) is 2. The molecule has 2 nitrogen and oxygen atoms in total. The maximum atomic E-state index is 12.3. The molecule has 0 saturated heterocycles. The standard InChI is InChI=1S/C16H15F3O2/c1-10(2)11-4-3-5-12(8-11)14-9-13(6-7-15(14)20)21-16(17,18)19/h3-10,20H,1-2H3. The van der Waals surface area contributed by atoms with E-state index in [0.717, 1.165) is 11.6 Å². The maximum Gasteiger partial charge on any atom is 0.573 e. The van der Waals surface area contributed by atoms with Crippen molar-refractivity contribution in [1.29, 1.82) is 0 Å². The van der Waals surface area contributed by atoms with Crippen molar-refractivity contribution in [2.75, 3.05) is 0 Å². The molecule has 2 aromatic carbocycles. The van der Waals surface area contributed by atoms with E-state index >= 15 is 0 Å². The number of ether oxygens (including phenoxy) is 1. The Morgan fingerprint density at radius 2 is 1.76 bits per heavy atom. The monoisotopic (exact) mass is 296 g/mol. The molecule has 0 unspecified atom stereocenters. The van der Waals surface area contributed by atoms with E-state index in [2.05, 4.69) is 4.74 Å². The Hall–Kier alpha value is -2.17. The summed E-state index contributed by atoms with van der Waals surface area (Å²) in [6.45, 7) is 4.03. The zero-order chi connectivity index (χ0) is 15.6. The summed E-state index contributed by atoms with van der Waals surface area (Å²) >= 11 is 0.